The Hall–Kier alpha value is -2.30. The zero-order chi connectivity index (χ0) is 14.1. The minimum Gasteiger partial charge on any atom is -0.504 e. The number of rotatable bonds is 1. The van der Waals surface area contributed by atoms with Gasteiger partial charge in [0.05, 0.1) is 5.69 Å². The molecule has 1 aliphatic carbocycles. The highest BCUT2D eigenvalue weighted by atomic mass is 16.3. The van der Waals surface area contributed by atoms with Crippen molar-refractivity contribution >= 4 is 0 Å². The third kappa shape index (κ3) is 2.27. The SMILES string of the molecule is O=c1[nH]c(-c2ccc(O)c(O)c2)nc2c1CCCCC2. The Kier molecular flexibility index (Phi) is 3.18. The first-order valence-electron chi connectivity index (χ1n) is 6.79. The summed E-state index contributed by atoms with van der Waals surface area (Å²) in [5, 5.41) is 18.9. The smallest absolute Gasteiger partial charge is 0.254 e. The quantitative estimate of drug-likeness (QED) is 0.548. The molecule has 0 unspecified atom stereocenters. The molecule has 0 spiro atoms. The lowest BCUT2D eigenvalue weighted by Crippen LogP contribution is -2.18. The molecule has 104 valence electrons. The summed E-state index contributed by atoms with van der Waals surface area (Å²) in [5.74, 6) is 0.0249. The van der Waals surface area contributed by atoms with Crippen LogP contribution in [-0.4, -0.2) is 20.2 Å². The number of phenolic OH excluding ortho intramolecular Hbond substituents is 2. The lowest BCUT2D eigenvalue weighted by Gasteiger charge is -2.08. The van der Waals surface area contributed by atoms with Crippen molar-refractivity contribution < 1.29 is 10.2 Å². The minimum absolute atomic E-state index is 0.0977. The van der Waals surface area contributed by atoms with Crippen LogP contribution < -0.4 is 5.56 Å². The van der Waals surface area contributed by atoms with Crippen LogP contribution in [0.3, 0.4) is 0 Å². The lowest BCUT2D eigenvalue weighted by molar-refractivity contribution is 0.404. The van der Waals surface area contributed by atoms with Gasteiger partial charge in [-0.25, -0.2) is 4.98 Å². The largest absolute Gasteiger partial charge is 0.504 e. The van der Waals surface area contributed by atoms with Gasteiger partial charge in [-0.05, 0) is 43.9 Å². The van der Waals surface area contributed by atoms with Gasteiger partial charge >= 0.3 is 0 Å². The van der Waals surface area contributed by atoms with Crippen LogP contribution in [0.25, 0.3) is 11.4 Å². The normalized spacial score (nSPS) is 14.6. The summed E-state index contributed by atoms with van der Waals surface area (Å²) >= 11 is 0. The van der Waals surface area contributed by atoms with Crippen LogP contribution in [0.15, 0.2) is 23.0 Å². The molecule has 0 bridgehead atoms. The van der Waals surface area contributed by atoms with Gasteiger partial charge in [0.15, 0.2) is 11.5 Å². The maximum Gasteiger partial charge on any atom is 0.254 e. The summed E-state index contributed by atoms with van der Waals surface area (Å²) in [6.07, 6.45) is 4.78. The fourth-order valence-corrected chi connectivity index (χ4v) is 2.59. The van der Waals surface area contributed by atoms with Gasteiger partial charge < -0.3 is 15.2 Å². The Morgan fingerprint density at radius 1 is 1.05 bits per heavy atom. The second-order valence-electron chi connectivity index (χ2n) is 5.10. The summed E-state index contributed by atoms with van der Waals surface area (Å²) in [5.41, 5.74) is 2.13. The molecule has 3 rings (SSSR count). The summed E-state index contributed by atoms with van der Waals surface area (Å²) in [6.45, 7) is 0. The van der Waals surface area contributed by atoms with Gasteiger partial charge in [-0.15, -0.1) is 0 Å². The number of nitrogens with zero attached hydrogens (tertiary/aromatic N) is 1. The third-order valence-corrected chi connectivity index (χ3v) is 3.69. The zero-order valence-corrected chi connectivity index (χ0v) is 11.0. The number of hydrogen-bond donors (Lipinski definition) is 3. The highest BCUT2D eigenvalue weighted by Crippen LogP contribution is 2.29. The number of phenols is 2. The van der Waals surface area contributed by atoms with Gasteiger partial charge in [-0.1, -0.05) is 6.42 Å². The number of aromatic nitrogens is 2. The first kappa shape index (κ1) is 12.7. The van der Waals surface area contributed by atoms with Crippen LogP contribution >= 0.6 is 0 Å². The van der Waals surface area contributed by atoms with E-state index in [0.29, 0.717) is 11.4 Å². The average molecular weight is 272 g/mol. The molecule has 0 fully saturated rings. The number of hydrogen-bond acceptors (Lipinski definition) is 4. The van der Waals surface area contributed by atoms with E-state index in [9.17, 15) is 15.0 Å². The number of aryl methyl sites for hydroxylation is 1. The van der Waals surface area contributed by atoms with Crippen LogP contribution in [0.1, 0.15) is 30.5 Å². The molecule has 0 saturated carbocycles. The van der Waals surface area contributed by atoms with Gasteiger partial charge in [0, 0.05) is 11.1 Å². The van der Waals surface area contributed by atoms with E-state index in [0.717, 1.165) is 43.4 Å². The van der Waals surface area contributed by atoms with Crippen LogP contribution in [0, 0.1) is 0 Å². The van der Waals surface area contributed by atoms with E-state index in [1.807, 2.05) is 0 Å². The second kappa shape index (κ2) is 5.00. The molecule has 0 aliphatic heterocycles. The third-order valence-electron chi connectivity index (χ3n) is 3.69. The Bertz CT molecular complexity index is 707. The molecule has 1 aromatic heterocycles. The Morgan fingerprint density at radius 2 is 1.85 bits per heavy atom. The van der Waals surface area contributed by atoms with Crippen molar-refractivity contribution in [2.24, 2.45) is 0 Å². The number of nitrogens with one attached hydrogen (secondary N) is 1. The maximum absolute atomic E-state index is 12.2. The molecule has 1 aliphatic rings. The van der Waals surface area contributed by atoms with Crippen LogP contribution in [0.4, 0.5) is 0 Å². The number of benzene rings is 1. The minimum atomic E-state index is -0.222. The molecule has 5 nitrogen and oxygen atoms in total. The van der Waals surface area contributed by atoms with Gasteiger partial charge in [0.25, 0.3) is 5.56 Å². The van der Waals surface area contributed by atoms with Crippen LogP contribution in [0.5, 0.6) is 11.5 Å². The van der Waals surface area contributed by atoms with E-state index in [1.165, 1.54) is 12.1 Å². The molecule has 0 saturated heterocycles. The van der Waals surface area contributed by atoms with E-state index in [4.69, 9.17) is 0 Å². The first-order chi connectivity index (χ1) is 9.65. The molecule has 0 atom stereocenters. The van der Waals surface area contributed by atoms with Crippen molar-refractivity contribution in [1.82, 2.24) is 9.97 Å². The summed E-state index contributed by atoms with van der Waals surface area (Å²) in [6, 6.07) is 4.41. The molecule has 2 aromatic rings. The second-order valence-corrected chi connectivity index (χ2v) is 5.10. The van der Waals surface area contributed by atoms with Crippen molar-refractivity contribution in [3.63, 3.8) is 0 Å². The highest BCUT2D eigenvalue weighted by Gasteiger charge is 2.15. The Morgan fingerprint density at radius 3 is 2.65 bits per heavy atom. The number of H-pyrrole nitrogens is 1. The zero-order valence-electron chi connectivity index (χ0n) is 11.0. The standard InChI is InChI=1S/C15H16N2O3/c18-12-7-6-9(8-13(12)19)14-16-11-5-3-1-2-4-10(11)15(20)17-14/h6-8,18-19H,1-5H2,(H,16,17,20). The summed E-state index contributed by atoms with van der Waals surface area (Å²) in [4.78, 5) is 19.4. The topological polar surface area (TPSA) is 86.2 Å². The van der Waals surface area contributed by atoms with Gasteiger partial charge in [0.1, 0.15) is 5.82 Å². The number of aromatic amines is 1. The van der Waals surface area contributed by atoms with Crippen molar-refractivity contribution in [2.75, 3.05) is 0 Å². The number of aromatic hydroxyl groups is 2. The lowest BCUT2D eigenvalue weighted by atomic mass is 10.1. The molecule has 1 aromatic carbocycles. The molecule has 0 radical (unpaired) electrons. The van der Waals surface area contributed by atoms with Gasteiger partial charge in [-0.3, -0.25) is 4.79 Å². The molecule has 0 amide bonds. The predicted octanol–water partition coefficient (Wildman–Crippen LogP) is 2.12. The molecular formula is C15H16N2O3. The maximum atomic E-state index is 12.2. The number of fused-ring (bicyclic) bond motifs is 1. The van der Waals surface area contributed by atoms with Crippen LogP contribution in [-0.2, 0) is 12.8 Å². The molecule has 20 heavy (non-hydrogen) atoms. The molecule has 3 N–H and O–H groups in total. The van der Waals surface area contributed by atoms with E-state index in [-0.39, 0.29) is 17.1 Å². The fraction of sp³-hybridized carbons (Fsp3) is 0.333. The molecular weight excluding hydrogens is 256 g/mol. The Balaban J connectivity index is 2.10. The van der Waals surface area contributed by atoms with Crippen LogP contribution in [0.2, 0.25) is 0 Å². The summed E-state index contributed by atoms with van der Waals surface area (Å²) < 4.78 is 0. The van der Waals surface area contributed by atoms with Crippen molar-refractivity contribution in [2.45, 2.75) is 32.1 Å². The fourth-order valence-electron chi connectivity index (χ4n) is 2.59. The van der Waals surface area contributed by atoms with E-state index < -0.39 is 0 Å². The predicted molar refractivity (Wildman–Crippen MR) is 74.9 cm³/mol. The first-order valence-corrected chi connectivity index (χ1v) is 6.79. The summed E-state index contributed by atoms with van der Waals surface area (Å²) in [7, 11) is 0. The van der Waals surface area contributed by atoms with Crippen molar-refractivity contribution in [3.8, 4) is 22.9 Å². The monoisotopic (exact) mass is 272 g/mol. The average Bonchev–Trinajstić information content (AvgIpc) is 2.67. The van der Waals surface area contributed by atoms with E-state index in [2.05, 4.69) is 9.97 Å². The van der Waals surface area contributed by atoms with Crippen molar-refractivity contribution in [3.05, 3.63) is 39.8 Å². The van der Waals surface area contributed by atoms with Gasteiger partial charge in [0.2, 0.25) is 0 Å². The van der Waals surface area contributed by atoms with E-state index in [1.54, 1.807) is 6.07 Å². The van der Waals surface area contributed by atoms with E-state index >= 15 is 0 Å². The van der Waals surface area contributed by atoms with Gasteiger partial charge in [-0.2, -0.15) is 0 Å². The highest BCUT2D eigenvalue weighted by molar-refractivity contribution is 5.60. The van der Waals surface area contributed by atoms with Crippen molar-refractivity contribution in [1.29, 1.82) is 0 Å². The molecule has 5 heteroatoms. The molecule has 1 heterocycles. The Labute approximate surface area is 115 Å².